The molecule has 1 atom stereocenters. The standard InChI is InChI=1S/C15H16N2OS/c1-11(17(2)8-13-9-19-10-16-13)15-7-12-5-3-4-6-14(12)18-15/h3-7,9-11H,8H2,1-2H3/t11-/m1/s1. The van der Waals surface area contributed by atoms with Gasteiger partial charge in [0.25, 0.3) is 0 Å². The normalized spacial score (nSPS) is 13.2. The molecule has 0 saturated heterocycles. The Morgan fingerprint density at radius 1 is 1.37 bits per heavy atom. The van der Waals surface area contributed by atoms with Crippen molar-refractivity contribution in [2.24, 2.45) is 0 Å². The van der Waals surface area contributed by atoms with E-state index in [1.54, 1.807) is 11.3 Å². The molecular formula is C15H16N2OS. The minimum Gasteiger partial charge on any atom is -0.459 e. The highest BCUT2D eigenvalue weighted by Crippen LogP contribution is 2.27. The van der Waals surface area contributed by atoms with Crippen molar-refractivity contribution in [3.63, 3.8) is 0 Å². The summed E-state index contributed by atoms with van der Waals surface area (Å²) in [6, 6.07) is 10.5. The van der Waals surface area contributed by atoms with Crippen LogP contribution in [-0.2, 0) is 6.54 Å². The predicted molar refractivity (Wildman–Crippen MR) is 78.2 cm³/mol. The lowest BCUT2D eigenvalue weighted by molar-refractivity contribution is 0.224. The maximum absolute atomic E-state index is 5.91. The number of benzene rings is 1. The van der Waals surface area contributed by atoms with E-state index in [0.29, 0.717) is 0 Å². The van der Waals surface area contributed by atoms with E-state index in [2.05, 4.69) is 41.4 Å². The van der Waals surface area contributed by atoms with Crippen molar-refractivity contribution < 1.29 is 4.42 Å². The Kier molecular flexibility index (Phi) is 3.36. The molecule has 0 amide bonds. The van der Waals surface area contributed by atoms with Crippen molar-refractivity contribution in [3.8, 4) is 0 Å². The fourth-order valence-corrected chi connectivity index (χ4v) is 2.68. The molecule has 0 unspecified atom stereocenters. The summed E-state index contributed by atoms with van der Waals surface area (Å²) in [6.07, 6.45) is 0. The van der Waals surface area contributed by atoms with Gasteiger partial charge in [-0.2, -0.15) is 0 Å². The Bertz CT molecular complexity index is 627. The second kappa shape index (κ2) is 5.15. The molecule has 0 spiro atoms. The fourth-order valence-electron chi connectivity index (χ4n) is 2.13. The van der Waals surface area contributed by atoms with Crippen LogP contribution in [-0.4, -0.2) is 16.9 Å². The van der Waals surface area contributed by atoms with Crippen LogP contribution in [0.4, 0.5) is 0 Å². The monoisotopic (exact) mass is 272 g/mol. The summed E-state index contributed by atoms with van der Waals surface area (Å²) >= 11 is 1.63. The third-order valence-corrected chi connectivity index (χ3v) is 4.05. The van der Waals surface area contributed by atoms with Crippen LogP contribution in [0, 0.1) is 0 Å². The minimum atomic E-state index is 0.231. The van der Waals surface area contributed by atoms with E-state index >= 15 is 0 Å². The molecule has 3 nitrogen and oxygen atoms in total. The Hall–Kier alpha value is -1.65. The Labute approximate surface area is 116 Å². The van der Waals surface area contributed by atoms with Crippen LogP contribution < -0.4 is 0 Å². The van der Waals surface area contributed by atoms with Crippen LogP contribution in [0.15, 0.2) is 45.6 Å². The summed E-state index contributed by atoms with van der Waals surface area (Å²) in [5.74, 6) is 0.999. The highest BCUT2D eigenvalue weighted by atomic mass is 32.1. The average Bonchev–Trinajstić information content (AvgIpc) is 3.05. The van der Waals surface area contributed by atoms with Gasteiger partial charge in [-0.05, 0) is 26.1 Å². The van der Waals surface area contributed by atoms with Crippen molar-refractivity contribution in [1.82, 2.24) is 9.88 Å². The fraction of sp³-hybridized carbons (Fsp3) is 0.267. The summed E-state index contributed by atoms with van der Waals surface area (Å²) in [5.41, 5.74) is 3.93. The summed E-state index contributed by atoms with van der Waals surface area (Å²) in [4.78, 5) is 6.56. The first-order valence-corrected chi connectivity index (χ1v) is 7.24. The third-order valence-electron chi connectivity index (χ3n) is 3.41. The maximum atomic E-state index is 5.91. The van der Waals surface area contributed by atoms with Crippen molar-refractivity contribution in [1.29, 1.82) is 0 Å². The van der Waals surface area contributed by atoms with Gasteiger partial charge in [0.15, 0.2) is 0 Å². The number of aromatic nitrogens is 1. The molecule has 3 aromatic rings. The highest BCUT2D eigenvalue weighted by Gasteiger charge is 2.16. The van der Waals surface area contributed by atoms with Crippen LogP contribution in [0.5, 0.6) is 0 Å². The van der Waals surface area contributed by atoms with E-state index in [1.165, 1.54) is 0 Å². The zero-order valence-electron chi connectivity index (χ0n) is 11.0. The number of fused-ring (bicyclic) bond motifs is 1. The van der Waals surface area contributed by atoms with E-state index in [0.717, 1.165) is 29.0 Å². The number of furan rings is 1. The van der Waals surface area contributed by atoms with Crippen molar-refractivity contribution in [2.75, 3.05) is 7.05 Å². The number of thiazole rings is 1. The molecule has 98 valence electrons. The molecule has 0 fully saturated rings. The van der Waals surface area contributed by atoms with Gasteiger partial charge in [-0.25, -0.2) is 4.98 Å². The second-order valence-corrected chi connectivity index (χ2v) is 5.48. The first-order valence-electron chi connectivity index (χ1n) is 6.30. The minimum absolute atomic E-state index is 0.231. The number of hydrogen-bond donors (Lipinski definition) is 0. The third kappa shape index (κ3) is 2.55. The molecule has 19 heavy (non-hydrogen) atoms. The molecule has 3 rings (SSSR count). The molecule has 0 radical (unpaired) electrons. The molecule has 0 aliphatic carbocycles. The first-order chi connectivity index (χ1) is 9.24. The summed E-state index contributed by atoms with van der Waals surface area (Å²) < 4.78 is 5.91. The maximum Gasteiger partial charge on any atom is 0.134 e. The van der Waals surface area contributed by atoms with Crippen LogP contribution >= 0.6 is 11.3 Å². The molecule has 2 aromatic heterocycles. The largest absolute Gasteiger partial charge is 0.459 e. The van der Waals surface area contributed by atoms with E-state index in [9.17, 15) is 0 Å². The zero-order chi connectivity index (χ0) is 13.2. The Morgan fingerprint density at radius 3 is 2.95 bits per heavy atom. The second-order valence-electron chi connectivity index (χ2n) is 4.76. The van der Waals surface area contributed by atoms with E-state index in [4.69, 9.17) is 4.42 Å². The lowest BCUT2D eigenvalue weighted by Crippen LogP contribution is -2.21. The van der Waals surface area contributed by atoms with E-state index in [1.807, 2.05) is 23.7 Å². The van der Waals surface area contributed by atoms with Gasteiger partial charge in [0.1, 0.15) is 11.3 Å². The van der Waals surface area contributed by atoms with Gasteiger partial charge in [-0.3, -0.25) is 4.90 Å². The molecule has 0 bridgehead atoms. The van der Waals surface area contributed by atoms with Crippen LogP contribution in [0.2, 0.25) is 0 Å². The molecule has 0 aliphatic heterocycles. The first kappa shape index (κ1) is 12.4. The predicted octanol–water partition coefficient (Wildman–Crippen LogP) is 4.08. The molecule has 4 heteroatoms. The molecule has 0 saturated carbocycles. The quantitative estimate of drug-likeness (QED) is 0.716. The van der Waals surface area contributed by atoms with Gasteiger partial charge >= 0.3 is 0 Å². The molecule has 0 N–H and O–H groups in total. The van der Waals surface area contributed by atoms with Gasteiger partial charge < -0.3 is 4.42 Å². The van der Waals surface area contributed by atoms with Crippen molar-refractivity contribution in [2.45, 2.75) is 19.5 Å². The SMILES string of the molecule is C[C@H](c1cc2ccccc2o1)N(C)Cc1cscn1. The summed E-state index contributed by atoms with van der Waals surface area (Å²) in [5, 5.41) is 3.24. The molecule has 2 heterocycles. The topological polar surface area (TPSA) is 29.3 Å². The molecular weight excluding hydrogens is 256 g/mol. The van der Waals surface area contributed by atoms with E-state index < -0.39 is 0 Å². The Morgan fingerprint density at radius 2 is 2.21 bits per heavy atom. The van der Waals surface area contributed by atoms with Crippen molar-refractivity contribution in [3.05, 3.63) is 52.7 Å². The average molecular weight is 272 g/mol. The van der Waals surface area contributed by atoms with Gasteiger partial charge in [-0.1, -0.05) is 18.2 Å². The van der Waals surface area contributed by atoms with Gasteiger partial charge in [0.2, 0.25) is 0 Å². The van der Waals surface area contributed by atoms with Crippen molar-refractivity contribution >= 4 is 22.3 Å². The van der Waals surface area contributed by atoms with Crippen LogP contribution in [0.3, 0.4) is 0 Å². The van der Waals surface area contributed by atoms with E-state index in [-0.39, 0.29) is 6.04 Å². The summed E-state index contributed by atoms with van der Waals surface area (Å²) in [6.45, 7) is 2.99. The number of rotatable bonds is 4. The van der Waals surface area contributed by atoms with Gasteiger partial charge in [-0.15, -0.1) is 11.3 Å². The Balaban J connectivity index is 1.80. The molecule has 0 aliphatic rings. The van der Waals surface area contributed by atoms with Crippen LogP contribution in [0.25, 0.3) is 11.0 Å². The highest BCUT2D eigenvalue weighted by molar-refractivity contribution is 7.07. The lowest BCUT2D eigenvalue weighted by atomic mass is 10.2. The summed E-state index contributed by atoms with van der Waals surface area (Å²) in [7, 11) is 2.09. The smallest absolute Gasteiger partial charge is 0.134 e. The van der Waals surface area contributed by atoms with Crippen LogP contribution in [0.1, 0.15) is 24.4 Å². The number of nitrogens with zero attached hydrogens (tertiary/aromatic N) is 2. The van der Waals surface area contributed by atoms with Gasteiger partial charge in [0, 0.05) is 17.3 Å². The number of hydrogen-bond acceptors (Lipinski definition) is 4. The zero-order valence-corrected chi connectivity index (χ0v) is 11.9. The lowest BCUT2D eigenvalue weighted by Gasteiger charge is -2.21. The molecule has 1 aromatic carbocycles. The number of para-hydroxylation sites is 1. The van der Waals surface area contributed by atoms with Gasteiger partial charge in [0.05, 0.1) is 17.2 Å².